The summed E-state index contributed by atoms with van der Waals surface area (Å²) in [7, 11) is 0. The van der Waals surface area contributed by atoms with E-state index >= 15 is 0 Å². The molecule has 0 aliphatic heterocycles. The maximum Gasteiger partial charge on any atom is 0.358 e. The highest BCUT2D eigenvalue weighted by Gasteiger charge is 2.36. The number of allylic oxidation sites excluding steroid dienone is 4. The average Bonchev–Trinajstić information content (AvgIpc) is 2.57. The van der Waals surface area contributed by atoms with Crippen molar-refractivity contribution in [3.63, 3.8) is 0 Å². The average molecular weight is 320 g/mol. The van der Waals surface area contributed by atoms with Gasteiger partial charge < -0.3 is 4.74 Å². The van der Waals surface area contributed by atoms with Crippen molar-refractivity contribution in [2.24, 2.45) is 5.92 Å². The van der Waals surface area contributed by atoms with E-state index in [4.69, 9.17) is 4.74 Å². The van der Waals surface area contributed by atoms with Gasteiger partial charge in [0, 0.05) is 11.8 Å². The van der Waals surface area contributed by atoms with Crippen LogP contribution in [-0.2, 0) is 4.74 Å². The fraction of sp³-hybridized carbons (Fsp3) is 0.400. The number of halogens is 2. The fourth-order valence-electron chi connectivity index (χ4n) is 2.37. The van der Waals surface area contributed by atoms with Crippen molar-refractivity contribution in [2.45, 2.75) is 38.7 Å². The molecule has 0 saturated carbocycles. The van der Waals surface area contributed by atoms with E-state index in [1.807, 2.05) is 36.4 Å². The van der Waals surface area contributed by atoms with Crippen LogP contribution in [0, 0.1) is 5.92 Å². The van der Waals surface area contributed by atoms with Crippen LogP contribution in [0.5, 0.6) is 0 Å². The van der Waals surface area contributed by atoms with Crippen LogP contribution in [0.4, 0.5) is 8.78 Å². The summed E-state index contributed by atoms with van der Waals surface area (Å²) in [6.45, 7) is 10.7. The van der Waals surface area contributed by atoms with E-state index in [0.717, 1.165) is 11.1 Å². The number of benzene rings is 1. The van der Waals surface area contributed by atoms with Gasteiger partial charge in [-0.05, 0) is 24.0 Å². The lowest BCUT2D eigenvalue weighted by Gasteiger charge is -2.24. The highest BCUT2D eigenvalue weighted by atomic mass is 19.3. The predicted octanol–water partition coefficient (Wildman–Crippen LogP) is 6.11. The Kier molecular flexibility index (Phi) is 7.90. The van der Waals surface area contributed by atoms with Gasteiger partial charge in [0.05, 0.1) is 6.61 Å². The van der Waals surface area contributed by atoms with E-state index in [-0.39, 0.29) is 12.5 Å². The van der Waals surface area contributed by atoms with Gasteiger partial charge in [-0.25, -0.2) is 0 Å². The van der Waals surface area contributed by atoms with E-state index in [1.54, 1.807) is 19.1 Å². The molecule has 2 atom stereocenters. The summed E-state index contributed by atoms with van der Waals surface area (Å²) in [6.07, 6.45) is 3.03. The normalized spacial score (nSPS) is 15.0. The van der Waals surface area contributed by atoms with Crippen LogP contribution >= 0.6 is 0 Å². The molecular weight excluding hydrogens is 294 g/mol. The number of rotatable bonds is 10. The van der Waals surface area contributed by atoms with Crippen LogP contribution in [0.3, 0.4) is 0 Å². The number of alkyl halides is 2. The Morgan fingerprint density at radius 2 is 1.91 bits per heavy atom. The van der Waals surface area contributed by atoms with Crippen LogP contribution in [-0.4, -0.2) is 12.7 Å². The molecule has 0 saturated heterocycles. The first-order chi connectivity index (χ1) is 11.0. The minimum Gasteiger partial charge on any atom is -0.320 e. The van der Waals surface area contributed by atoms with E-state index in [0.29, 0.717) is 12.8 Å². The van der Waals surface area contributed by atoms with Crippen molar-refractivity contribution in [1.82, 2.24) is 0 Å². The van der Waals surface area contributed by atoms with Crippen LogP contribution < -0.4 is 0 Å². The van der Waals surface area contributed by atoms with E-state index in [2.05, 4.69) is 13.2 Å². The quantitative estimate of drug-likeness (QED) is 0.472. The molecule has 2 unspecified atom stereocenters. The smallest absolute Gasteiger partial charge is 0.320 e. The predicted molar refractivity (Wildman–Crippen MR) is 92.6 cm³/mol. The van der Waals surface area contributed by atoms with Crippen LogP contribution in [0.2, 0.25) is 0 Å². The van der Waals surface area contributed by atoms with Gasteiger partial charge in [-0.1, -0.05) is 75.6 Å². The van der Waals surface area contributed by atoms with Crippen LogP contribution in [0.15, 0.2) is 67.3 Å². The van der Waals surface area contributed by atoms with E-state index in [9.17, 15) is 8.78 Å². The Balaban J connectivity index is 2.85. The monoisotopic (exact) mass is 320 g/mol. The zero-order valence-corrected chi connectivity index (χ0v) is 14.0. The molecule has 0 fully saturated rings. The third-order valence-electron chi connectivity index (χ3n) is 4.04. The molecule has 1 aromatic carbocycles. The van der Waals surface area contributed by atoms with Crippen molar-refractivity contribution in [3.8, 4) is 0 Å². The molecule has 0 heterocycles. The maximum atomic E-state index is 13.8. The maximum absolute atomic E-state index is 13.8. The Morgan fingerprint density at radius 3 is 2.43 bits per heavy atom. The number of hydrogen-bond acceptors (Lipinski definition) is 1. The summed E-state index contributed by atoms with van der Waals surface area (Å²) >= 11 is 0. The van der Waals surface area contributed by atoms with Crippen LogP contribution in [0.1, 0.15) is 38.2 Å². The van der Waals surface area contributed by atoms with Gasteiger partial charge in [0.1, 0.15) is 0 Å². The lowest BCUT2D eigenvalue weighted by atomic mass is 9.88. The molecule has 0 aliphatic carbocycles. The van der Waals surface area contributed by atoms with Gasteiger partial charge in [-0.3, -0.25) is 0 Å². The second-order valence-corrected chi connectivity index (χ2v) is 5.58. The zero-order valence-electron chi connectivity index (χ0n) is 14.0. The summed E-state index contributed by atoms with van der Waals surface area (Å²) < 4.78 is 32.5. The van der Waals surface area contributed by atoms with E-state index < -0.39 is 12.0 Å². The SMILES string of the molecule is C=C/C=C(\C=C)C(CCOC(F)(F)C(C)CC)c1ccccc1. The van der Waals surface area contributed by atoms with Gasteiger partial charge in [-0.2, -0.15) is 8.78 Å². The summed E-state index contributed by atoms with van der Waals surface area (Å²) in [4.78, 5) is 0. The van der Waals surface area contributed by atoms with Crippen molar-refractivity contribution >= 4 is 0 Å². The van der Waals surface area contributed by atoms with Gasteiger partial charge in [0.25, 0.3) is 0 Å². The molecule has 0 aliphatic rings. The molecule has 0 N–H and O–H groups in total. The van der Waals surface area contributed by atoms with Crippen molar-refractivity contribution in [1.29, 1.82) is 0 Å². The lowest BCUT2D eigenvalue weighted by molar-refractivity contribution is -0.269. The minimum absolute atomic E-state index is 0.0147. The molecular formula is C20H26F2O. The topological polar surface area (TPSA) is 9.23 Å². The Bertz CT molecular complexity index is 520. The first kappa shape index (κ1) is 19.3. The van der Waals surface area contributed by atoms with Gasteiger partial charge in [-0.15, -0.1) is 0 Å². The highest BCUT2D eigenvalue weighted by Crippen LogP contribution is 2.32. The molecule has 126 valence electrons. The number of ether oxygens (including phenoxy) is 1. The number of hydrogen-bond donors (Lipinski definition) is 0. The lowest BCUT2D eigenvalue weighted by Crippen LogP contribution is -2.30. The second kappa shape index (κ2) is 9.41. The second-order valence-electron chi connectivity index (χ2n) is 5.58. The molecule has 0 bridgehead atoms. The van der Waals surface area contributed by atoms with E-state index in [1.165, 1.54) is 6.92 Å². The molecule has 0 radical (unpaired) electrons. The van der Waals surface area contributed by atoms with Gasteiger partial charge in [0.15, 0.2) is 0 Å². The highest BCUT2D eigenvalue weighted by molar-refractivity contribution is 5.36. The van der Waals surface area contributed by atoms with Crippen LogP contribution in [0.25, 0.3) is 0 Å². The zero-order chi connectivity index (χ0) is 17.3. The first-order valence-electron chi connectivity index (χ1n) is 7.98. The molecule has 0 spiro atoms. The van der Waals surface area contributed by atoms with Gasteiger partial charge in [0.2, 0.25) is 0 Å². The summed E-state index contributed by atoms with van der Waals surface area (Å²) in [5.74, 6) is -0.834. The molecule has 3 heteroatoms. The molecule has 0 amide bonds. The molecule has 0 aromatic heterocycles. The largest absolute Gasteiger partial charge is 0.358 e. The third-order valence-corrected chi connectivity index (χ3v) is 4.04. The molecule has 23 heavy (non-hydrogen) atoms. The standard InChI is InChI=1S/C20H26F2O/c1-5-11-17(7-3)19(18-12-9-8-10-13-18)14-15-23-20(21,22)16(4)6-2/h5,7-13,16,19H,1,3,6,14-15H2,2,4H3/b17-11+. The third kappa shape index (κ3) is 5.76. The Morgan fingerprint density at radius 1 is 1.26 bits per heavy atom. The molecule has 1 rings (SSSR count). The van der Waals surface area contributed by atoms with Gasteiger partial charge >= 0.3 is 6.11 Å². The molecule has 1 nitrogen and oxygen atoms in total. The van der Waals surface area contributed by atoms with Crippen molar-refractivity contribution in [3.05, 3.63) is 72.9 Å². The summed E-state index contributed by atoms with van der Waals surface area (Å²) in [5.41, 5.74) is 2.00. The molecule has 1 aromatic rings. The summed E-state index contributed by atoms with van der Waals surface area (Å²) in [6, 6.07) is 9.77. The first-order valence-corrected chi connectivity index (χ1v) is 7.98. The fourth-order valence-corrected chi connectivity index (χ4v) is 2.37. The summed E-state index contributed by atoms with van der Waals surface area (Å²) in [5, 5.41) is 0. The van der Waals surface area contributed by atoms with Crippen molar-refractivity contribution in [2.75, 3.05) is 6.61 Å². The minimum atomic E-state index is -3.09. The Labute approximate surface area is 138 Å². The van der Waals surface area contributed by atoms with Crippen molar-refractivity contribution < 1.29 is 13.5 Å². The Hall–Kier alpha value is -1.74.